The molecular formula is C17H30ClN3. The van der Waals surface area contributed by atoms with Crippen LogP contribution in [0.3, 0.4) is 0 Å². The molecule has 0 saturated carbocycles. The summed E-state index contributed by atoms with van der Waals surface area (Å²) < 4.78 is 0. The summed E-state index contributed by atoms with van der Waals surface area (Å²) in [6.45, 7) is 9.44. The Hall–Kier alpha value is -0.770. The molecule has 0 aliphatic rings. The van der Waals surface area contributed by atoms with Gasteiger partial charge in [-0.15, -0.1) is 0 Å². The van der Waals surface area contributed by atoms with Gasteiger partial charge in [-0.1, -0.05) is 24.6 Å². The maximum Gasteiger partial charge on any atom is 0.0471 e. The van der Waals surface area contributed by atoms with Crippen LogP contribution in [-0.2, 0) is 6.54 Å². The molecule has 0 bridgehead atoms. The second kappa shape index (κ2) is 10.0. The highest BCUT2D eigenvalue weighted by Gasteiger charge is 2.12. The van der Waals surface area contributed by atoms with E-state index in [0.29, 0.717) is 0 Å². The Balaban J connectivity index is 2.79. The molecule has 0 spiro atoms. The molecule has 1 aromatic carbocycles. The van der Waals surface area contributed by atoms with Crippen molar-refractivity contribution in [3.05, 3.63) is 28.8 Å². The van der Waals surface area contributed by atoms with Crippen molar-refractivity contribution < 1.29 is 0 Å². The molecule has 3 nitrogen and oxygen atoms in total. The van der Waals surface area contributed by atoms with Crippen molar-refractivity contribution >= 4 is 17.3 Å². The van der Waals surface area contributed by atoms with E-state index in [4.69, 9.17) is 11.6 Å². The van der Waals surface area contributed by atoms with Crippen molar-refractivity contribution in [2.24, 2.45) is 0 Å². The number of hydrogen-bond acceptors (Lipinski definition) is 3. The van der Waals surface area contributed by atoms with Gasteiger partial charge in [0.15, 0.2) is 0 Å². The smallest absolute Gasteiger partial charge is 0.0471 e. The van der Waals surface area contributed by atoms with Crippen LogP contribution in [0.5, 0.6) is 0 Å². The minimum absolute atomic E-state index is 0.840. The summed E-state index contributed by atoms with van der Waals surface area (Å²) in [5.74, 6) is 0. The van der Waals surface area contributed by atoms with Gasteiger partial charge >= 0.3 is 0 Å². The molecule has 1 N–H and O–H groups in total. The average molecular weight is 312 g/mol. The van der Waals surface area contributed by atoms with Crippen LogP contribution < -0.4 is 10.2 Å². The van der Waals surface area contributed by atoms with Crippen LogP contribution in [0.4, 0.5) is 5.69 Å². The Morgan fingerprint density at radius 3 is 2.52 bits per heavy atom. The van der Waals surface area contributed by atoms with Gasteiger partial charge in [0.1, 0.15) is 0 Å². The van der Waals surface area contributed by atoms with Crippen LogP contribution in [0.2, 0.25) is 5.02 Å². The minimum atomic E-state index is 0.840. The molecule has 0 aliphatic carbocycles. The molecule has 21 heavy (non-hydrogen) atoms. The van der Waals surface area contributed by atoms with Crippen LogP contribution >= 0.6 is 11.6 Å². The van der Waals surface area contributed by atoms with Gasteiger partial charge in [0, 0.05) is 35.9 Å². The number of nitrogens with zero attached hydrogens (tertiary/aromatic N) is 2. The first-order valence-corrected chi connectivity index (χ1v) is 8.35. The lowest BCUT2D eigenvalue weighted by atomic mass is 10.1. The fourth-order valence-electron chi connectivity index (χ4n) is 2.44. The molecule has 0 aromatic heterocycles. The molecule has 0 fully saturated rings. The van der Waals surface area contributed by atoms with E-state index in [9.17, 15) is 0 Å². The highest BCUT2D eigenvalue weighted by molar-refractivity contribution is 6.31. The number of nitrogens with one attached hydrogen (secondary N) is 1. The van der Waals surface area contributed by atoms with E-state index in [-0.39, 0.29) is 0 Å². The molecule has 0 unspecified atom stereocenters. The fourth-order valence-corrected chi connectivity index (χ4v) is 2.67. The van der Waals surface area contributed by atoms with Gasteiger partial charge < -0.3 is 15.1 Å². The first-order chi connectivity index (χ1) is 10.1. The van der Waals surface area contributed by atoms with Crippen LogP contribution in [0.15, 0.2) is 18.2 Å². The largest absolute Gasteiger partial charge is 0.371 e. The van der Waals surface area contributed by atoms with Crippen molar-refractivity contribution in [3.63, 3.8) is 0 Å². The summed E-state index contributed by atoms with van der Waals surface area (Å²) in [6.07, 6.45) is 2.30. The summed E-state index contributed by atoms with van der Waals surface area (Å²) in [5.41, 5.74) is 2.49. The third-order valence-electron chi connectivity index (χ3n) is 3.58. The van der Waals surface area contributed by atoms with Gasteiger partial charge in [-0.25, -0.2) is 0 Å². The summed E-state index contributed by atoms with van der Waals surface area (Å²) in [7, 11) is 4.24. The summed E-state index contributed by atoms with van der Waals surface area (Å²) in [6, 6.07) is 6.23. The molecule has 0 heterocycles. The highest BCUT2D eigenvalue weighted by Crippen LogP contribution is 2.27. The van der Waals surface area contributed by atoms with E-state index in [1.807, 2.05) is 6.07 Å². The zero-order valence-electron chi connectivity index (χ0n) is 14.0. The lowest BCUT2D eigenvalue weighted by Crippen LogP contribution is -2.28. The Morgan fingerprint density at radius 1 is 1.14 bits per heavy atom. The normalized spacial score (nSPS) is 11.1. The van der Waals surface area contributed by atoms with Crippen LogP contribution in [0, 0.1) is 0 Å². The Kier molecular flexibility index (Phi) is 8.74. The standard InChI is InChI=1S/C17H30ClN3/c1-5-11-19-14-15-16(18)9-7-10-17(15)21(6-2)13-8-12-20(3)4/h7,9-10,19H,5-6,8,11-14H2,1-4H3. The number of halogens is 1. The number of anilines is 1. The molecule has 0 atom stereocenters. The summed E-state index contributed by atoms with van der Waals surface area (Å²) in [5, 5.41) is 4.33. The number of benzene rings is 1. The SMILES string of the molecule is CCCNCc1c(Cl)cccc1N(CC)CCCN(C)C. The molecular weight excluding hydrogens is 282 g/mol. The molecule has 0 aliphatic heterocycles. The first-order valence-electron chi connectivity index (χ1n) is 7.97. The van der Waals surface area contributed by atoms with Crippen molar-refractivity contribution in [2.45, 2.75) is 33.2 Å². The van der Waals surface area contributed by atoms with Gasteiger partial charge in [-0.2, -0.15) is 0 Å². The van der Waals surface area contributed by atoms with E-state index in [1.54, 1.807) is 0 Å². The summed E-state index contributed by atoms with van der Waals surface area (Å²) in [4.78, 5) is 4.66. The fraction of sp³-hybridized carbons (Fsp3) is 0.647. The maximum absolute atomic E-state index is 6.42. The van der Waals surface area contributed by atoms with Crippen molar-refractivity contribution in [1.82, 2.24) is 10.2 Å². The zero-order valence-corrected chi connectivity index (χ0v) is 14.7. The van der Waals surface area contributed by atoms with E-state index in [1.165, 1.54) is 11.3 Å². The monoisotopic (exact) mass is 311 g/mol. The third kappa shape index (κ3) is 6.25. The summed E-state index contributed by atoms with van der Waals surface area (Å²) >= 11 is 6.42. The Morgan fingerprint density at radius 2 is 1.90 bits per heavy atom. The molecule has 0 saturated heterocycles. The number of rotatable bonds is 10. The van der Waals surface area contributed by atoms with E-state index < -0.39 is 0 Å². The first kappa shape index (κ1) is 18.3. The second-order valence-corrected chi connectivity index (χ2v) is 6.06. The molecule has 1 rings (SSSR count). The van der Waals surface area contributed by atoms with Crippen molar-refractivity contribution in [3.8, 4) is 0 Å². The zero-order chi connectivity index (χ0) is 15.7. The van der Waals surface area contributed by atoms with Crippen LogP contribution in [0.25, 0.3) is 0 Å². The quantitative estimate of drug-likeness (QED) is 0.666. The van der Waals surface area contributed by atoms with Gasteiger partial charge in [0.2, 0.25) is 0 Å². The Labute approximate surface area is 135 Å². The predicted octanol–water partition coefficient (Wildman–Crippen LogP) is 3.62. The predicted molar refractivity (Wildman–Crippen MR) is 94.5 cm³/mol. The van der Waals surface area contributed by atoms with Gasteiger partial charge in [-0.05, 0) is 59.1 Å². The van der Waals surface area contributed by atoms with Crippen LogP contribution in [-0.4, -0.2) is 45.2 Å². The highest BCUT2D eigenvalue weighted by atomic mass is 35.5. The van der Waals surface area contributed by atoms with E-state index in [2.05, 4.69) is 55.2 Å². The van der Waals surface area contributed by atoms with Gasteiger partial charge in [0.05, 0.1) is 0 Å². The van der Waals surface area contributed by atoms with Gasteiger partial charge in [0.25, 0.3) is 0 Å². The van der Waals surface area contributed by atoms with E-state index in [0.717, 1.165) is 50.6 Å². The molecule has 0 radical (unpaired) electrons. The van der Waals surface area contributed by atoms with E-state index >= 15 is 0 Å². The maximum atomic E-state index is 6.42. The topological polar surface area (TPSA) is 18.5 Å². The third-order valence-corrected chi connectivity index (χ3v) is 3.93. The second-order valence-electron chi connectivity index (χ2n) is 5.65. The average Bonchev–Trinajstić information content (AvgIpc) is 2.45. The molecule has 0 amide bonds. The van der Waals surface area contributed by atoms with Gasteiger partial charge in [-0.3, -0.25) is 0 Å². The molecule has 120 valence electrons. The molecule has 1 aromatic rings. The lowest BCUT2D eigenvalue weighted by molar-refractivity contribution is 0.400. The minimum Gasteiger partial charge on any atom is -0.371 e. The number of hydrogen-bond donors (Lipinski definition) is 1. The molecule has 4 heteroatoms. The van der Waals surface area contributed by atoms with Crippen LogP contribution in [0.1, 0.15) is 32.3 Å². The van der Waals surface area contributed by atoms with Crippen molar-refractivity contribution in [2.75, 3.05) is 45.2 Å². The lowest BCUT2D eigenvalue weighted by Gasteiger charge is -2.27. The van der Waals surface area contributed by atoms with Crippen molar-refractivity contribution in [1.29, 1.82) is 0 Å². The Bertz CT molecular complexity index is 407.